The van der Waals surface area contributed by atoms with Crippen LogP contribution in [0.25, 0.3) is 11.1 Å². The van der Waals surface area contributed by atoms with Gasteiger partial charge < -0.3 is 19.8 Å². The van der Waals surface area contributed by atoms with E-state index < -0.39 is 0 Å². The highest BCUT2D eigenvalue weighted by molar-refractivity contribution is 5.85. The van der Waals surface area contributed by atoms with Crippen molar-refractivity contribution in [1.29, 1.82) is 0 Å². The summed E-state index contributed by atoms with van der Waals surface area (Å²) in [5.41, 5.74) is 7.68. The number of nitrogen functional groups attached to an aromatic ring is 1. The standard InChI is InChI=1S/C12H13N3O3/c13-8-2-1-3-9-12(8)14-10(18-9)6-15-4-5-17-7-11(15)16/h1-3H,4-7,13H2. The van der Waals surface area contributed by atoms with Crippen LogP contribution in [0.2, 0.25) is 0 Å². The molecule has 1 amide bonds. The molecule has 0 atom stereocenters. The monoisotopic (exact) mass is 247 g/mol. The summed E-state index contributed by atoms with van der Waals surface area (Å²) in [5, 5.41) is 0. The van der Waals surface area contributed by atoms with E-state index in [1.54, 1.807) is 11.0 Å². The van der Waals surface area contributed by atoms with Crippen molar-refractivity contribution in [3.63, 3.8) is 0 Å². The van der Waals surface area contributed by atoms with Gasteiger partial charge in [0.1, 0.15) is 12.1 Å². The van der Waals surface area contributed by atoms with Gasteiger partial charge in [-0.15, -0.1) is 0 Å². The molecule has 1 saturated heterocycles. The summed E-state index contributed by atoms with van der Waals surface area (Å²) in [4.78, 5) is 17.6. The molecule has 0 aliphatic carbocycles. The van der Waals surface area contributed by atoms with Gasteiger partial charge in [0.2, 0.25) is 11.8 Å². The van der Waals surface area contributed by atoms with Gasteiger partial charge in [0.25, 0.3) is 0 Å². The minimum atomic E-state index is -0.0449. The van der Waals surface area contributed by atoms with Gasteiger partial charge in [0.05, 0.1) is 18.8 Å². The van der Waals surface area contributed by atoms with E-state index in [-0.39, 0.29) is 12.5 Å². The zero-order chi connectivity index (χ0) is 12.5. The minimum Gasteiger partial charge on any atom is -0.439 e. The van der Waals surface area contributed by atoms with Crippen molar-refractivity contribution in [2.24, 2.45) is 0 Å². The molecule has 3 rings (SSSR count). The van der Waals surface area contributed by atoms with Gasteiger partial charge in [-0.25, -0.2) is 4.98 Å². The molecule has 0 spiro atoms. The zero-order valence-corrected chi connectivity index (χ0v) is 9.76. The molecule has 1 aromatic carbocycles. The van der Waals surface area contributed by atoms with Crippen LogP contribution < -0.4 is 5.73 Å². The Labute approximate surface area is 103 Å². The number of amides is 1. The molecular formula is C12H13N3O3. The molecular weight excluding hydrogens is 234 g/mol. The number of ether oxygens (including phenoxy) is 1. The second kappa shape index (κ2) is 4.30. The van der Waals surface area contributed by atoms with Crippen molar-refractivity contribution in [1.82, 2.24) is 9.88 Å². The Kier molecular flexibility index (Phi) is 2.64. The van der Waals surface area contributed by atoms with Crippen LogP contribution in [0.3, 0.4) is 0 Å². The Balaban J connectivity index is 1.86. The second-order valence-electron chi connectivity index (χ2n) is 4.17. The van der Waals surface area contributed by atoms with E-state index in [1.807, 2.05) is 12.1 Å². The highest BCUT2D eigenvalue weighted by Gasteiger charge is 2.21. The Morgan fingerprint density at radius 3 is 3.11 bits per heavy atom. The predicted molar refractivity (Wildman–Crippen MR) is 64.7 cm³/mol. The highest BCUT2D eigenvalue weighted by Crippen LogP contribution is 2.22. The first-order chi connectivity index (χ1) is 8.74. The normalized spacial score (nSPS) is 16.4. The maximum atomic E-state index is 11.6. The lowest BCUT2D eigenvalue weighted by Gasteiger charge is -2.25. The molecule has 1 aliphatic heterocycles. The number of oxazole rings is 1. The number of hydrogen-bond acceptors (Lipinski definition) is 5. The molecule has 0 bridgehead atoms. The molecule has 1 aromatic heterocycles. The Morgan fingerprint density at radius 1 is 1.44 bits per heavy atom. The molecule has 0 saturated carbocycles. The number of aromatic nitrogens is 1. The maximum absolute atomic E-state index is 11.6. The fraction of sp³-hybridized carbons (Fsp3) is 0.333. The molecule has 2 aromatic rings. The molecule has 2 N–H and O–H groups in total. The predicted octanol–water partition coefficient (Wildman–Crippen LogP) is 0.769. The molecule has 2 heterocycles. The summed E-state index contributed by atoms with van der Waals surface area (Å²) in [7, 11) is 0. The number of hydrogen-bond donors (Lipinski definition) is 1. The molecule has 1 aliphatic rings. The second-order valence-corrected chi connectivity index (χ2v) is 4.17. The molecule has 1 fully saturated rings. The topological polar surface area (TPSA) is 81.6 Å². The molecule has 18 heavy (non-hydrogen) atoms. The van der Waals surface area contributed by atoms with E-state index in [9.17, 15) is 4.79 Å². The summed E-state index contributed by atoms with van der Waals surface area (Å²) >= 11 is 0. The first kappa shape index (κ1) is 11.0. The van der Waals surface area contributed by atoms with Crippen molar-refractivity contribution in [3.8, 4) is 0 Å². The van der Waals surface area contributed by atoms with Crippen LogP contribution in [0.15, 0.2) is 22.6 Å². The number of morpholine rings is 1. The number of para-hydroxylation sites is 1. The smallest absolute Gasteiger partial charge is 0.249 e. The van der Waals surface area contributed by atoms with Crippen molar-refractivity contribution >= 4 is 22.7 Å². The van der Waals surface area contributed by atoms with E-state index >= 15 is 0 Å². The number of nitrogens with zero attached hydrogens (tertiary/aromatic N) is 2. The zero-order valence-electron chi connectivity index (χ0n) is 9.76. The number of nitrogens with two attached hydrogens (primary N) is 1. The molecule has 94 valence electrons. The summed E-state index contributed by atoms with van der Waals surface area (Å²) < 4.78 is 10.6. The number of anilines is 1. The van der Waals surface area contributed by atoms with E-state index in [1.165, 1.54) is 0 Å². The quantitative estimate of drug-likeness (QED) is 0.792. The van der Waals surface area contributed by atoms with Crippen LogP contribution >= 0.6 is 0 Å². The first-order valence-electron chi connectivity index (χ1n) is 5.73. The highest BCUT2D eigenvalue weighted by atomic mass is 16.5. The maximum Gasteiger partial charge on any atom is 0.249 e. The summed E-state index contributed by atoms with van der Waals surface area (Å²) in [6.45, 7) is 1.60. The van der Waals surface area contributed by atoms with Gasteiger partial charge in [-0.1, -0.05) is 6.07 Å². The largest absolute Gasteiger partial charge is 0.439 e. The van der Waals surface area contributed by atoms with E-state index in [0.717, 1.165) is 0 Å². The lowest BCUT2D eigenvalue weighted by Crippen LogP contribution is -2.40. The fourth-order valence-electron chi connectivity index (χ4n) is 1.96. The van der Waals surface area contributed by atoms with Crippen molar-refractivity contribution in [2.75, 3.05) is 25.5 Å². The number of benzene rings is 1. The SMILES string of the molecule is Nc1cccc2oc(CN3CCOCC3=O)nc12. The van der Waals surface area contributed by atoms with Crippen molar-refractivity contribution in [2.45, 2.75) is 6.54 Å². The molecule has 6 heteroatoms. The van der Waals surface area contributed by atoms with Gasteiger partial charge in [-0.05, 0) is 12.1 Å². The third-order valence-electron chi connectivity index (χ3n) is 2.90. The summed E-state index contributed by atoms with van der Waals surface area (Å²) in [5.74, 6) is 0.453. The third kappa shape index (κ3) is 1.91. The average Bonchev–Trinajstić information content (AvgIpc) is 2.76. The lowest BCUT2D eigenvalue weighted by molar-refractivity contribution is -0.143. The first-order valence-corrected chi connectivity index (χ1v) is 5.73. The van der Waals surface area contributed by atoms with Crippen LogP contribution in [0.5, 0.6) is 0 Å². The fourth-order valence-corrected chi connectivity index (χ4v) is 1.96. The minimum absolute atomic E-state index is 0.0449. The lowest BCUT2D eigenvalue weighted by atomic mass is 10.3. The van der Waals surface area contributed by atoms with Gasteiger partial charge in [-0.2, -0.15) is 0 Å². The van der Waals surface area contributed by atoms with Gasteiger partial charge in [-0.3, -0.25) is 4.79 Å². The third-order valence-corrected chi connectivity index (χ3v) is 2.90. The van der Waals surface area contributed by atoms with Gasteiger partial charge in [0, 0.05) is 6.54 Å². The van der Waals surface area contributed by atoms with E-state index in [2.05, 4.69) is 4.98 Å². The molecule has 6 nitrogen and oxygen atoms in total. The number of carbonyl (C=O) groups excluding carboxylic acids is 1. The Bertz CT molecular complexity index is 593. The summed E-state index contributed by atoms with van der Waals surface area (Å²) in [6, 6.07) is 5.39. The number of fused-ring (bicyclic) bond motifs is 1. The van der Waals surface area contributed by atoms with Crippen LogP contribution in [-0.2, 0) is 16.1 Å². The van der Waals surface area contributed by atoms with E-state index in [4.69, 9.17) is 14.9 Å². The van der Waals surface area contributed by atoms with Crippen LogP contribution in [-0.4, -0.2) is 35.5 Å². The van der Waals surface area contributed by atoms with Gasteiger partial charge >= 0.3 is 0 Å². The van der Waals surface area contributed by atoms with Crippen molar-refractivity contribution < 1.29 is 13.9 Å². The Hall–Kier alpha value is -2.08. The molecule has 0 unspecified atom stereocenters. The van der Waals surface area contributed by atoms with Crippen LogP contribution in [0.4, 0.5) is 5.69 Å². The van der Waals surface area contributed by atoms with Crippen molar-refractivity contribution in [3.05, 3.63) is 24.1 Å². The number of carbonyl (C=O) groups is 1. The Morgan fingerprint density at radius 2 is 2.33 bits per heavy atom. The van der Waals surface area contributed by atoms with E-state index in [0.29, 0.717) is 42.4 Å². The van der Waals surface area contributed by atoms with Gasteiger partial charge in [0.15, 0.2) is 5.58 Å². The van der Waals surface area contributed by atoms with Crippen LogP contribution in [0, 0.1) is 0 Å². The summed E-state index contributed by atoms with van der Waals surface area (Å²) in [6.07, 6.45) is 0. The average molecular weight is 247 g/mol. The van der Waals surface area contributed by atoms with Crippen LogP contribution in [0.1, 0.15) is 5.89 Å². The molecule has 0 radical (unpaired) electrons. The number of rotatable bonds is 2.